The summed E-state index contributed by atoms with van der Waals surface area (Å²) in [7, 11) is 1.00. The van der Waals surface area contributed by atoms with Crippen LogP contribution in [0.2, 0.25) is 0 Å². The standard InChI is InChI=1S/C9H12BrN.C5H5BrN2.C3H6O.C2H5.CH4O.V/c1-7(2)3-8-4-9(10)6-11-5-8;6-4-1-5(7)3-8-2-4;1-3(2)4;2*1-2;/h4-7H,3H2,1-2H3;1-3H,7H2;1-2H3;1H2,2H3;2H,1H3;/q;;;-1;;. The summed E-state index contributed by atoms with van der Waals surface area (Å²) in [5, 5.41) is 7.00. The predicted molar refractivity (Wildman–Crippen MR) is 122 cm³/mol. The Morgan fingerprint density at radius 1 is 1.04 bits per heavy atom. The fraction of sp³-hybridized carbons (Fsp3) is 0.400. The van der Waals surface area contributed by atoms with Crippen LogP contribution in [0, 0.1) is 12.8 Å². The molecule has 159 valence electrons. The number of carbonyl (C=O) groups excluding carboxylic acids is 1. The molecular weight excluding hydrogens is 525 g/mol. The first-order valence-electron chi connectivity index (χ1n) is 8.28. The molecule has 0 fully saturated rings. The van der Waals surface area contributed by atoms with Gasteiger partial charge in [0.15, 0.2) is 0 Å². The summed E-state index contributed by atoms with van der Waals surface area (Å²) in [6.45, 7) is 12.5. The molecule has 28 heavy (non-hydrogen) atoms. The Kier molecular flexibility index (Phi) is 30.2. The van der Waals surface area contributed by atoms with Crippen LogP contribution in [0.1, 0.15) is 40.2 Å². The van der Waals surface area contributed by atoms with Gasteiger partial charge in [-0.25, -0.2) is 0 Å². The van der Waals surface area contributed by atoms with E-state index in [0.717, 1.165) is 22.5 Å². The fourth-order valence-corrected chi connectivity index (χ4v) is 2.26. The average molecular weight is 557 g/mol. The molecule has 2 rings (SSSR count). The van der Waals surface area contributed by atoms with E-state index in [4.69, 9.17) is 10.8 Å². The molecule has 0 aliphatic carbocycles. The first kappa shape index (κ1) is 34.8. The summed E-state index contributed by atoms with van der Waals surface area (Å²) in [6.07, 6.45) is 8.13. The number of ketones is 1. The second-order valence-electron chi connectivity index (χ2n) is 5.45. The molecule has 2 aromatic rings. The number of aromatic nitrogens is 2. The number of nitrogens with zero attached hydrogens (tertiary/aromatic N) is 2. The van der Waals surface area contributed by atoms with Gasteiger partial charge in [-0.1, -0.05) is 13.8 Å². The minimum Gasteiger partial charge on any atom is -0.400 e. The molecule has 0 saturated carbocycles. The van der Waals surface area contributed by atoms with Gasteiger partial charge in [0.1, 0.15) is 5.78 Å². The van der Waals surface area contributed by atoms with Crippen molar-refractivity contribution in [3.8, 4) is 0 Å². The third-order valence-corrected chi connectivity index (χ3v) is 3.00. The smallest absolute Gasteiger partial charge is 0.126 e. The number of carbonyl (C=O) groups is 1. The van der Waals surface area contributed by atoms with Gasteiger partial charge in [0.05, 0.1) is 5.69 Å². The van der Waals surface area contributed by atoms with Crippen molar-refractivity contribution in [2.24, 2.45) is 5.92 Å². The summed E-state index contributed by atoms with van der Waals surface area (Å²) in [4.78, 5) is 17.3. The van der Waals surface area contributed by atoms with Crippen molar-refractivity contribution in [2.45, 2.75) is 41.0 Å². The molecule has 0 aromatic carbocycles. The van der Waals surface area contributed by atoms with E-state index in [2.05, 4.69) is 68.7 Å². The Bertz CT molecular complexity index is 594. The SMILES string of the molecule is CC(C)=O.CC(C)Cc1cncc(Br)c1.CO.Nc1cncc(Br)c1.[CH2-]C.[V]. The number of anilines is 1. The molecule has 0 unspecified atom stereocenters. The second kappa shape index (κ2) is 24.3. The zero-order valence-corrected chi connectivity index (χ0v) is 22.1. The fourth-order valence-electron chi connectivity index (χ4n) is 1.47. The summed E-state index contributed by atoms with van der Waals surface area (Å²) in [6, 6.07) is 3.92. The summed E-state index contributed by atoms with van der Waals surface area (Å²) in [5.74, 6) is 0.867. The van der Waals surface area contributed by atoms with Gasteiger partial charge in [0, 0.05) is 59.4 Å². The first-order valence-corrected chi connectivity index (χ1v) is 9.87. The van der Waals surface area contributed by atoms with Crippen LogP contribution < -0.4 is 5.73 Å². The van der Waals surface area contributed by atoms with Gasteiger partial charge in [0.2, 0.25) is 0 Å². The maximum atomic E-state index is 9.44. The van der Waals surface area contributed by atoms with Crippen molar-refractivity contribution in [1.29, 1.82) is 0 Å². The van der Waals surface area contributed by atoms with Crippen molar-refractivity contribution in [3.05, 3.63) is 58.4 Å². The van der Waals surface area contributed by atoms with Gasteiger partial charge >= 0.3 is 0 Å². The topological polar surface area (TPSA) is 89.1 Å². The molecule has 0 atom stereocenters. The van der Waals surface area contributed by atoms with Crippen LogP contribution in [0.3, 0.4) is 0 Å². The monoisotopic (exact) mass is 555 g/mol. The molecule has 8 heteroatoms. The van der Waals surface area contributed by atoms with Gasteiger partial charge < -0.3 is 22.6 Å². The molecule has 0 saturated heterocycles. The van der Waals surface area contributed by atoms with Crippen LogP contribution in [0.4, 0.5) is 5.69 Å². The minimum atomic E-state index is 0. The van der Waals surface area contributed by atoms with E-state index in [9.17, 15) is 4.79 Å². The summed E-state index contributed by atoms with van der Waals surface area (Å²) < 4.78 is 1.98. The third kappa shape index (κ3) is 27.5. The van der Waals surface area contributed by atoms with E-state index in [0.29, 0.717) is 11.6 Å². The molecule has 0 amide bonds. The van der Waals surface area contributed by atoms with Gasteiger partial charge in [-0.05, 0) is 75.7 Å². The molecule has 0 spiro atoms. The van der Waals surface area contributed by atoms with Gasteiger partial charge in [0.25, 0.3) is 0 Å². The maximum Gasteiger partial charge on any atom is 0.126 e. The zero-order valence-electron chi connectivity index (χ0n) is 17.5. The maximum absolute atomic E-state index is 9.44. The number of pyridine rings is 2. The quantitative estimate of drug-likeness (QED) is 0.476. The Morgan fingerprint density at radius 2 is 1.43 bits per heavy atom. The van der Waals surface area contributed by atoms with E-state index in [1.165, 1.54) is 19.4 Å². The zero-order chi connectivity index (χ0) is 21.8. The first-order chi connectivity index (χ1) is 12.7. The molecule has 2 aromatic heterocycles. The van der Waals surface area contributed by atoms with Crippen molar-refractivity contribution >= 4 is 43.3 Å². The second-order valence-corrected chi connectivity index (χ2v) is 7.29. The largest absolute Gasteiger partial charge is 0.400 e. The average Bonchev–Trinajstić information content (AvgIpc) is 2.58. The number of Topliss-reactive ketones (excluding diaryl/α,β-unsaturated/α-hetero) is 1. The van der Waals surface area contributed by atoms with E-state index in [1.807, 2.05) is 12.4 Å². The molecule has 2 heterocycles. The van der Waals surface area contributed by atoms with Crippen LogP contribution >= 0.6 is 31.9 Å². The Morgan fingerprint density at radius 3 is 1.71 bits per heavy atom. The molecule has 3 N–H and O–H groups in total. The molecular formula is C20H32Br2N3O2V-. The number of nitrogens with two attached hydrogens (primary N) is 1. The molecule has 0 aliphatic heterocycles. The van der Waals surface area contributed by atoms with E-state index in [-0.39, 0.29) is 24.3 Å². The van der Waals surface area contributed by atoms with Gasteiger partial charge in [-0.2, -0.15) is 6.92 Å². The number of halogens is 2. The Hall–Kier alpha value is -0.726. The third-order valence-electron chi connectivity index (χ3n) is 2.13. The Balaban J connectivity index is -0.000000150. The molecule has 0 aliphatic rings. The van der Waals surface area contributed by atoms with Crippen molar-refractivity contribution in [3.63, 3.8) is 0 Å². The number of nitrogen functional groups attached to an aromatic ring is 1. The summed E-state index contributed by atoms with van der Waals surface area (Å²) >= 11 is 6.61. The minimum absolute atomic E-state index is 0. The Labute approximate surface area is 199 Å². The van der Waals surface area contributed by atoms with Gasteiger partial charge in [-0.15, -0.1) is 0 Å². The molecule has 1 radical (unpaired) electrons. The predicted octanol–water partition coefficient (Wildman–Crippen LogP) is 5.51. The number of hydrogen-bond acceptors (Lipinski definition) is 5. The van der Waals surface area contributed by atoms with Crippen LogP contribution in [0.5, 0.6) is 0 Å². The van der Waals surface area contributed by atoms with Crippen LogP contribution in [0.15, 0.2) is 45.9 Å². The number of aliphatic hydroxyl groups excluding tert-OH is 1. The number of hydrogen-bond donors (Lipinski definition) is 2. The van der Waals surface area contributed by atoms with E-state index in [1.54, 1.807) is 25.4 Å². The van der Waals surface area contributed by atoms with Crippen molar-refractivity contribution in [1.82, 2.24) is 9.97 Å². The van der Waals surface area contributed by atoms with Crippen molar-refractivity contribution < 1.29 is 28.5 Å². The summed E-state index contributed by atoms with van der Waals surface area (Å²) in [5.41, 5.74) is 7.35. The van der Waals surface area contributed by atoms with Crippen LogP contribution in [-0.4, -0.2) is 28.0 Å². The van der Waals surface area contributed by atoms with Crippen molar-refractivity contribution in [2.75, 3.05) is 12.8 Å². The number of rotatable bonds is 2. The van der Waals surface area contributed by atoms with E-state index >= 15 is 0 Å². The molecule has 5 nitrogen and oxygen atoms in total. The van der Waals surface area contributed by atoms with Crippen LogP contribution in [-0.2, 0) is 29.8 Å². The molecule has 0 bridgehead atoms. The van der Waals surface area contributed by atoms with Crippen LogP contribution in [0.25, 0.3) is 0 Å². The number of aliphatic hydroxyl groups is 1. The van der Waals surface area contributed by atoms with Gasteiger partial charge in [-0.3, -0.25) is 9.97 Å². The normalized spacial score (nSPS) is 8.11. The van der Waals surface area contributed by atoms with E-state index < -0.39 is 0 Å².